The lowest BCUT2D eigenvalue weighted by Gasteiger charge is -2.30. The Morgan fingerprint density at radius 3 is 2.79 bits per heavy atom. The molecule has 0 aliphatic carbocycles. The molecule has 2 aliphatic rings. The van der Waals surface area contributed by atoms with Gasteiger partial charge >= 0.3 is 0 Å². The lowest BCUT2D eigenvalue weighted by Crippen LogP contribution is -2.47. The summed E-state index contributed by atoms with van der Waals surface area (Å²) in [5.74, 6) is 0.568. The number of furan rings is 1. The number of carbonyl (C=O) groups is 2. The number of pyridine rings is 1. The maximum atomic E-state index is 12.7. The van der Waals surface area contributed by atoms with Gasteiger partial charge in [-0.25, -0.2) is 0 Å². The number of hydrogen-bond donors (Lipinski definition) is 2. The highest BCUT2D eigenvalue weighted by atomic mass is 16.4. The standard InChI is InChI=1S/C22H22N4O3/c27-21(15-4-2-1-3-5-15)25-20-9-16-11-23-18(10-19(16)29-20)22(28)24-17-8-14-6-7-26(12-14)13-17/h1-5,9-11,14,17H,6-8,12-13H2,(H,24,28)(H,25,27). The average Bonchev–Trinajstić information content (AvgIpc) is 3.29. The van der Waals surface area contributed by atoms with Gasteiger partial charge in [-0.05, 0) is 37.4 Å². The highest BCUT2D eigenvalue weighted by Crippen LogP contribution is 2.27. The maximum absolute atomic E-state index is 12.7. The van der Waals surface area contributed by atoms with Crippen LogP contribution in [0.2, 0.25) is 0 Å². The SMILES string of the molecule is O=C(Nc1cc2cnc(C(=O)NC3CC4CCN(C4)C3)cc2o1)c1ccccc1. The van der Waals surface area contributed by atoms with E-state index in [0.717, 1.165) is 31.4 Å². The summed E-state index contributed by atoms with van der Waals surface area (Å²) in [6, 6.07) is 12.4. The molecule has 0 spiro atoms. The van der Waals surface area contributed by atoms with Crippen molar-refractivity contribution in [2.45, 2.75) is 18.9 Å². The lowest BCUT2D eigenvalue weighted by atomic mass is 9.97. The predicted octanol–water partition coefficient (Wildman–Crippen LogP) is 2.90. The molecule has 3 unspecified atom stereocenters. The van der Waals surface area contributed by atoms with Crippen LogP contribution in [0.1, 0.15) is 33.7 Å². The Hall–Kier alpha value is -3.19. The van der Waals surface area contributed by atoms with Gasteiger partial charge in [-0.1, -0.05) is 18.2 Å². The number of aromatic nitrogens is 1. The van der Waals surface area contributed by atoms with Crippen LogP contribution >= 0.6 is 0 Å². The van der Waals surface area contributed by atoms with Crippen LogP contribution in [0.5, 0.6) is 0 Å². The molecule has 7 heteroatoms. The molecule has 29 heavy (non-hydrogen) atoms. The fraction of sp³-hybridized carbons (Fsp3) is 0.318. The van der Waals surface area contributed by atoms with E-state index in [0.29, 0.717) is 28.6 Å². The van der Waals surface area contributed by atoms with E-state index in [-0.39, 0.29) is 17.9 Å². The Morgan fingerprint density at radius 1 is 1.10 bits per heavy atom. The van der Waals surface area contributed by atoms with Crippen molar-refractivity contribution in [3.63, 3.8) is 0 Å². The maximum Gasteiger partial charge on any atom is 0.270 e. The van der Waals surface area contributed by atoms with E-state index >= 15 is 0 Å². The Kier molecular flexibility index (Phi) is 4.52. The van der Waals surface area contributed by atoms with Crippen molar-refractivity contribution in [1.82, 2.24) is 15.2 Å². The number of nitrogens with one attached hydrogen (secondary N) is 2. The van der Waals surface area contributed by atoms with Crippen LogP contribution in [-0.4, -0.2) is 47.4 Å². The van der Waals surface area contributed by atoms with Crippen LogP contribution in [0.15, 0.2) is 53.1 Å². The minimum absolute atomic E-state index is 0.165. The molecular weight excluding hydrogens is 368 g/mol. The molecule has 2 saturated heterocycles. The minimum atomic E-state index is -0.252. The molecule has 5 rings (SSSR count). The van der Waals surface area contributed by atoms with Gasteiger partial charge in [0.1, 0.15) is 11.3 Å². The van der Waals surface area contributed by atoms with E-state index in [4.69, 9.17) is 4.42 Å². The molecule has 2 fully saturated rings. The second kappa shape index (κ2) is 7.33. The van der Waals surface area contributed by atoms with Gasteiger partial charge in [-0.15, -0.1) is 0 Å². The number of amides is 2. The second-order valence-electron chi connectivity index (χ2n) is 7.86. The molecule has 2 aliphatic heterocycles. The number of fused-ring (bicyclic) bond motifs is 3. The first-order valence-corrected chi connectivity index (χ1v) is 9.93. The summed E-state index contributed by atoms with van der Waals surface area (Å²) in [4.78, 5) is 31.6. The third-order valence-corrected chi connectivity index (χ3v) is 5.71. The van der Waals surface area contributed by atoms with Gasteiger partial charge < -0.3 is 14.6 Å². The number of anilines is 1. The predicted molar refractivity (Wildman–Crippen MR) is 109 cm³/mol. The molecule has 2 N–H and O–H groups in total. The quantitative estimate of drug-likeness (QED) is 0.715. The third-order valence-electron chi connectivity index (χ3n) is 5.71. The van der Waals surface area contributed by atoms with Crippen LogP contribution in [0.3, 0.4) is 0 Å². The first-order valence-electron chi connectivity index (χ1n) is 9.93. The number of rotatable bonds is 4. The number of nitrogens with zero attached hydrogens (tertiary/aromatic N) is 2. The number of benzene rings is 1. The van der Waals surface area contributed by atoms with Gasteiger partial charge in [0.15, 0.2) is 0 Å². The Morgan fingerprint density at radius 2 is 1.97 bits per heavy atom. The fourth-order valence-electron chi connectivity index (χ4n) is 4.32. The number of hydrogen-bond acceptors (Lipinski definition) is 5. The van der Waals surface area contributed by atoms with Crippen molar-refractivity contribution in [3.05, 3.63) is 59.9 Å². The van der Waals surface area contributed by atoms with Crippen molar-refractivity contribution in [2.75, 3.05) is 25.0 Å². The topological polar surface area (TPSA) is 87.5 Å². The van der Waals surface area contributed by atoms with Crippen LogP contribution in [0, 0.1) is 5.92 Å². The van der Waals surface area contributed by atoms with Crippen LogP contribution < -0.4 is 10.6 Å². The lowest BCUT2D eigenvalue weighted by molar-refractivity contribution is 0.0903. The molecule has 148 valence electrons. The summed E-state index contributed by atoms with van der Waals surface area (Å²) in [6.07, 6.45) is 3.85. The zero-order valence-corrected chi connectivity index (χ0v) is 15.9. The fourth-order valence-corrected chi connectivity index (χ4v) is 4.32. The zero-order valence-electron chi connectivity index (χ0n) is 15.9. The van der Waals surface area contributed by atoms with Gasteiger partial charge in [-0.3, -0.25) is 19.9 Å². The smallest absolute Gasteiger partial charge is 0.270 e. The van der Waals surface area contributed by atoms with Gasteiger partial charge in [-0.2, -0.15) is 0 Å². The molecule has 0 radical (unpaired) electrons. The summed E-state index contributed by atoms with van der Waals surface area (Å²) in [6.45, 7) is 3.19. The van der Waals surface area contributed by atoms with Gasteiger partial charge in [0.05, 0.1) is 0 Å². The van der Waals surface area contributed by atoms with Crippen molar-refractivity contribution in [1.29, 1.82) is 0 Å². The summed E-state index contributed by atoms with van der Waals surface area (Å²) < 4.78 is 5.72. The molecule has 3 atom stereocenters. The molecule has 7 nitrogen and oxygen atoms in total. The third kappa shape index (κ3) is 3.73. The van der Waals surface area contributed by atoms with E-state index in [1.165, 1.54) is 6.42 Å². The largest absolute Gasteiger partial charge is 0.440 e. The molecule has 2 bridgehead atoms. The molecule has 2 amide bonds. The van der Waals surface area contributed by atoms with E-state index in [1.54, 1.807) is 42.6 Å². The van der Waals surface area contributed by atoms with Crippen molar-refractivity contribution >= 4 is 28.7 Å². The number of piperidine rings is 1. The average molecular weight is 390 g/mol. The first-order chi connectivity index (χ1) is 14.1. The molecular formula is C22H22N4O3. The molecule has 3 aromatic rings. The van der Waals surface area contributed by atoms with Gasteiger partial charge in [0.25, 0.3) is 11.8 Å². The highest BCUT2D eigenvalue weighted by Gasteiger charge is 2.33. The van der Waals surface area contributed by atoms with Crippen LogP contribution in [-0.2, 0) is 0 Å². The second-order valence-corrected chi connectivity index (χ2v) is 7.86. The monoisotopic (exact) mass is 390 g/mol. The summed E-state index contributed by atoms with van der Waals surface area (Å²) in [5, 5.41) is 6.57. The molecule has 0 saturated carbocycles. The van der Waals surface area contributed by atoms with Gasteiger partial charge in [0, 0.05) is 48.4 Å². The minimum Gasteiger partial charge on any atom is -0.440 e. The number of carbonyl (C=O) groups excluding carboxylic acids is 2. The van der Waals surface area contributed by atoms with Crippen molar-refractivity contribution in [3.8, 4) is 0 Å². The van der Waals surface area contributed by atoms with E-state index in [9.17, 15) is 9.59 Å². The highest BCUT2D eigenvalue weighted by molar-refractivity contribution is 6.04. The van der Waals surface area contributed by atoms with Crippen molar-refractivity contribution in [2.24, 2.45) is 5.92 Å². The Bertz CT molecular complexity index is 1050. The van der Waals surface area contributed by atoms with Crippen LogP contribution in [0.25, 0.3) is 11.0 Å². The Balaban J connectivity index is 1.29. The summed E-state index contributed by atoms with van der Waals surface area (Å²) >= 11 is 0. The van der Waals surface area contributed by atoms with E-state index in [1.807, 2.05) is 6.07 Å². The summed E-state index contributed by atoms with van der Waals surface area (Å²) in [7, 11) is 0. The van der Waals surface area contributed by atoms with E-state index in [2.05, 4.69) is 20.5 Å². The zero-order chi connectivity index (χ0) is 19.8. The molecule has 1 aromatic carbocycles. The molecule has 4 heterocycles. The van der Waals surface area contributed by atoms with E-state index < -0.39 is 0 Å². The summed E-state index contributed by atoms with van der Waals surface area (Å²) in [5.41, 5.74) is 1.38. The molecule has 2 aromatic heterocycles. The van der Waals surface area contributed by atoms with Crippen molar-refractivity contribution < 1.29 is 14.0 Å². The van der Waals surface area contributed by atoms with Crippen LogP contribution in [0.4, 0.5) is 5.88 Å². The first kappa shape index (κ1) is 17.9. The normalized spacial score (nSPS) is 23.1. The van der Waals surface area contributed by atoms with Gasteiger partial charge in [0.2, 0.25) is 5.88 Å². The Labute approximate surface area is 168 Å².